The fourth-order valence-corrected chi connectivity index (χ4v) is 1.47. The maximum absolute atomic E-state index is 11.4. The molecule has 0 radical (unpaired) electrons. The molecular weight excluding hydrogens is 262 g/mol. The van der Waals surface area contributed by atoms with E-state index in [0.717, 1.165) is 12.3 Å². The normalized spacial score (nSPS) is 9.90. The third-order valence-corrected chi connectivity index (χ3v) is 2.30. The number of anilines is 1. The smallest absolute Gasteiger partial charge is 0.289 e. The van der Waals surface area contributed by atoms with Crippen molar-refractivity contribution in [1.29, 1.82) is 5.26 Å². The van der Waals surface area contributed by atoms with Crippen LogP contribution in [0, 0.1) is 21.4 Å². The Labute approximate surface area is 116 Å². The van der Waals surface area contributed by atoms with Crippen LogP contribution in [-0.4, -0.2) is 28.4 Å². The number of aromatic nitrogens is 1. The van der Waals surface area contributed by atoms with Crippen LogP contribution < -0.4 is 10.6 Å². The predicted octanol–water partition coefficient (Wildman–Crippen LogP) is 1.19. The van der Waals surface area contributed by atoms with Crippen molar-refractivity contribution in [3.8, 4) is 6.07 Å². The SMILES string of the molecule is CC(C)NC(=O)CCNc1ncc([N+](=O)[O-])cc1C#N. The van der Waals surface area contributed by atoms with E-state index in [1.807, 2.05) is 19.9 Å². The van der Waals surface area contributed by atoms with Crippen LogP contribution in [0.15, 0.2) is 12.3 Å². The van der Waals surface area contributed by atoms with Gasteiger partial charge in [0.05, 0.1) is 4.92 Å². The van der Waals surface area contributed by atoms with Crippen molar-refractivity contribution in [2.45, 2.75) is 26.3 Å². The molecule has 1 rings (SSSR count). The Bertz CT molecular complexity index is 551. The topological polar surface area (TPSA) is 121 Å². The summed E-state index contributed by atoms with van der Waals surface area (Å²) in [6, 6.07) is 3.04. The fraction of sp³-hybridized carbons (Fsp3) is 0.417. The van der Waals surface area contributed by atoms with Gasteiger partial charge < -0.3 is 10.6 Å². The molecule has 0 aromatic carbocycles. The number of nitrogens with one attached hydrogen (secondary N) is 2. The molecule has 2 N–H and O–H groups in total. The molecule has 1 aromatic heterocycles. The lowest BCUT2D eigenvalue weighted by molar-refractivity contribution is -0.385. The summed E-state index contributed by atoms with van der Waals surface area (Å²) in [7, 11) is 0. The monoisotopic (exact) mass is 277 g/mol. The Balaban J connectivity index is 2.63. The molecule has 20 heavy (non-hydrogen) atoms. The van der Waals surface area contributed by atoms with Crippen molar-refractivity contribution in [1.82, 2.24) is 10.3 Å². The van der Waals surface area contributed by atoms with Gasteiger partial charge in [0, 0.05) is 25.1 Å². The molecule has 8 nitrogen and oxygen atoms in total. The minimum Gasteiger partial charge on any atom is -0.368 e. The number of amides is 1. The molecular formula is C12H15N5O3. The first kappa shape index (κ1) is 15.4. The number of rotatable bonds is 6. The van der Waals surface area contributed by atoms with Crippen molar-refractivity contribution >= 4 is 17.4 Å². The van der Waals surface area contributed by atoms with Crippen molar-refractivity contribution < 1.29 is 9.72 Å². The van der Waals surface area contributed by atoms with Gasteiger partial charge in [-0.2, -0.15) is 5.26 Å². The minimum atomic E-state index is -0.617. The first-order chi connectivity index (χ1) is 9.43. The van der Waals surface area contributed by atoms with Crippen LogP contribution in [0.3, 0.4) is 0 Å². The van der Waals surface area contributed by atoms with Crippen LogP contribution in [-0.2, 0) is 4.79 Å². The quantitative estimate of drug-likeness (QED) is 0.595. The maximum Gasteiger partial charge on any atom is 0.289 e. The summed E-state index contributed by atoms with van der Waals surface area (Å²) in [5.74, 6) is 0.114. The van der Waals surface area contributed by atoms with Crippen molar-refractivity contribution in [2.75, 3.05) is 11.9 Å². The highest BCUT2D eigenvalue weighted by Crippen LogP contribution is 2.17. The average Bonchev–Trinajstić information content (AvgIpc) is 2.37. The van der Waals surface area contributed by atoms with Gasteiger partial charge in [-0.05, 0) is 13.8 Å². The number of nitriles is 1. The second-order valence-electron chi connectivity index (χ2n) is 4.36. The molecule has 1 aromatic rings. The lowest BCUT2D eigenvalue weighted by Crippen LogP contribution is -2.31. The Morgan fingerprint density at radius 1 is 1.60 bits per heavy atom. The molecule has 0 bridgehead atoms. The van der Waals surface area contributed by atoms with Crippen LogP contribution in [0.5, 0.6) is 0 Å². The van der Waals surface area contributed by atoms with Gasteiger partial charge in [0.1, 0.15) is 23.6 Å². The number of hydrogen-bond donors (Lipinski definition) is 2. The summed E-state index contributed by atoms with van der Waals surface area (Å²) < 4.78 is 0. The Morgan fingerprint density at radius 2 is 2.30 bits per heavy atom. The van der Waals surface area contributed by atoms with E-state index in [1.54, 1.807) is 0 Å². The molecule has 1 amide bonds. The lowest BCUT2D eigenvalue weighted by atomic mass is 10.2. The number of carbonyl (C=O) groups is 1. The van der Waals surface area contributed by atoms with Crippen LogP contribution in [0.2, 0.25) is 0 Å². The second kappa shape index (κ2) is 7.04. The number of carbonyl (C=O) groups excluding carboxylic acids is 1. The van der Waals surface area contributed by atoms with E-state index in [1.165, 1.54) is 0 Å². The van der Waals surface area contributed by atoms with Gasteiger partial charge in [-0.25, -0.2) is 4.98 Å². The zero-order valence-corrected chi connectivity index (χ0v) is 11.2. The average molecular weight is 277 g/mol. The van der Waals surface area contributed by atoms with E-state index in [9.17, 15) is 14.9 Å². The maximum atomic E-state index is 11.4. The molecule has 8 heteroatoms. The standard InChI is InChI=1S/C12H15N5O3/c1-8(2)16-11(18)3-4-14-12-9(6-13)5-10(7-15-12)17(19)20/h5,7-8H,3-4H2,1-2H3,(H,14,15)(H,16,18). The summed E-state index contributed by atoms with van der Waals surface area (Å²) in [6.07, 6.45) is 1.29. The van der Waals surface area contributed by atoms with Crippen LogP contribution in [0.1, 0.15) is 25.8 Å². The first-order valence-corrected chi connectivity index (χ1v) is 6.01. The van der Waals surface area contributed by atoms with Gasteiger partial charge in [0.25, 0.3) is 5.69 Å². The van der Waals surface area contributed by atoms with Gasteiger partial charge in [0.15, 0.2) is 0 Å². The number of pyridine rings is 1. The molecule has 0 fully saturated rings. The molecule has 0 unspecified atom stereocenters. The van der Waals surface area contributed by atoms with E-state index in [-0.39, 0.29) is 42.0 Å². The molecule has 106 valence electrons. The van der Waals surface area contributed by atoms with Crippen LogP contribution in [0.4, 0.5) is 11.5 Å². The Kier molecular flexibility index (Phi) is 5.41. The summed E-state index contributed by atoms with van der Waals surface area (Å²) in [6.45, 7) is 4.01. The van der Waals surface area contributed by atoms with E-state index >= 15 is 0 Å². The summed E-state index contributed by atoms with van der Waals surface area (Å²) in [5.41, 5.74) is -0.173. The van der Waals surface area contributed by atoms with Crippen molar-refractivity contribution in [3.63, 3.8) is 0 Å². The highest BCUT2D eigenvalue weighted by molar-refractivity contribution is 5.76. The van der Waals surface area contributed by atoms with E-state index in [4.69, 9.17) is 5.26 Å². The predicted molar refractivity (Wildman–Crippen MR) is 72.0 cm³/mol. The number of nitro groups is 1. The summed E-state index contributed by atoms with van der Waals surface area (Å²) in [5, 5.41) is 25.0. The highest BCUT2D eigenvalue weighted by atomic mass is 16.6. The molecule has 0 aliphatic heterocycles. The Hall–Kier alpha value is -2.69. The Morgan fingerprint density at radius 3 is 2.85 bits per heavy atom. The number of hydrogen-bond acceptors (Lipinski definition) is 6. The molecule has 0 saturated carbocycles. The van der Waals surface area contributed by atoms with Gasteiger partial charge in [-0.3, -0.25) is 14.9 Å². The van der Waals surface area contributed by atoms with Gasteiger partial charge in [-0.15, -0.1) is 0 Å². The van der Waals surface area contributed by atoms with Gasteiger partial charge >= 0.3 is 0 Å². The van der Waals surface area contributed by atoms with Crippen LogP contribution in [0.25, 0.3) is 0 Å². The molecule has 0 aliphatic carbocycles. The van der Waals surface area contributed by atoms with Crippen LogP contribution >= 0.6 is 0 Å². The van der Waals surface area contributed by atoms with Crippen molar-refractivity contribution in [3.05, 3.63) is 27.9 Å². The third-order valence-electron chi connectivity index (χ3n) is 2.30. The van der Waals surface area contributed by atoms with Gasteiger partial charge in [0.2, 0.25) is 5.91 Å². The van der Waals surface area contributed by atoms with Crippen molar-refractivity contribution in [2.24, 2.45) is 0 Å². The zero-order chi connectivity index (χ0) is 15.1. The summed E-state index contributed by atoms with van der Waals surface area (Å²) in [4.78, 5) is 25.2. The number of nitrogens with zero attached hydrogens (tertiary/aromatic N) is 3. The summed E-state index contributed by atoms with van der Waals surface area (Å²) >= 11 is 0. The van der Waals surface area contributed by atoms with E-state index in [2.05, 4.69) is 15.6 Å². The lowest BCUT2D eigenvalue weighted by Gasteiger charge is -2.09. The molecule has 0 atom stereocenters. The first-order valence-electron chi connectivity index (χ1n) is 6.01. The third kappa shape index (κ3) is 4.53. The highest BCUT2D eigenvalue weighted by Gasteiger charge is 2.12. The van der Waals surface area contributed by atoms with E-state index < -0.39 is 4.92 Å². The van der Waals surface area contributed by atoms with E-state index in [0.29, 0.717) is 0 Å². The fourth-order valence-electron chi connectivity index (χ4n) is 1.47. The minimum absolute atomic E-state index is 0.0645. The zero-order valence-electron chi connectivity index (χ0n) is 11.2. The second-order valence-corrected chi connectivity index (χ2v) is 4.36. The van der Waals surface area contributed by atoms with Gasteiger partial charge in [-0.1, -0.05) is 0 Å². The molecule has 0 saturated heterocycles. The molecule has 0 aliphatic rings. The molecule has 1 heterocycles. The largest absolute Gasteiger partial charge is 0.368 e. The molecule has 0 spiro atoms.